The monoisotopic (exact) mass is 292 g/mol. The number of aromatic carboxylic acids is 1. The second kappa shape index (κ2) is 6.88. The molecule has 114 valence electrons. The summed E-state index contributed by atoms with van der Waals surface area (Å²) in [4.78, 5) is 26.1. The Morgan fingerprint density at radius 1 is 1.43 bits per heavy atom. The highest BCUT2D eigenvalue weighted by molar-refractivity contribution is 5.87. The largest absolute Gasteiger partial charge is 0.477 e. The number of hydrogen-bond donors (Lipinski definition) is 2. The number of aryl methyl sites for hydroxylation is 1. The van der Waals surface area contributed by atoms with Gasteiger partial charge >= 0.3 is 12.1 Å². The van der Waals surface area contributed by atoms with Crippen LogP contribution in [0.15, 0.2) is 18.3 Å². The van der Waals surface area contributed by atoms with E-state index in [9.17, 15) is 9.59 Å². The number of carbonyl (C=O) groups excluding carboxylic acids is 1. The first-order chi connectivity index (χ1) is 9.69. The predicted molar refractivity (Wildman–Crippen MR) is 79.2 cm³/mol. The molecule has 0 atom stereocenters. The molecule has 1 amide bonds. The van der Waals surface area contributed by atoms with Gasteiger partial charge in [-0.15, -0.1) is 0 Å². The molecule has 1 heterocycles. The van der Waals surface area contributed by atoms with E-state index in [1.807, 2.05) is 0 Å². The number of carbonyl (C=O) groups is 2. The van der Waals surface area contributed by atoms with Crippen molar-refractivity contribution in [2.45, 2.75) is 33.3 Å². The third-order valence-corrected chi connectivity index (χ3v) is 2.38. The zero-order chi connectivity index (χ0) is 16.0. The summed E-state index contributed by atoms with van der Waals surface area (Å²) in [6.07, 6.45) is 4.48. The van der Waals surface area contributed by atoms with Crippen LogP contribution in [0.2, 0.25) is 0 Å². The van der Waals surface area contributed by atoms with Crippen LogP contribution in [0.5, 0.6) is 0 Å². The van der Waals surface area contributed by atoms with Gasteiger partial charge in [-0.1, -0.05) is 12.2 Å². The minimum atomic E-state index is -1.05. The van der Waals surface area contributed by atoms with Gasteiger partial charge in [0.25, 0.3) is 0 Å². The van der Waals surface area contributed by atoms with Crippen LogP contribution in [0.4, 0.5) is 4.79 Å². The molecular formula is C15H20N2O4. The molecule has 1 rings (SSSR count). The van der Waals surface area contributed by atoms with Crippen molar-refractivity contribution in [1.82, 2.24) is 10.3 Å². The first kappa shape index (κ1) is 16.7. The topological polar surface area (TPSA) is 88.5 Å². The van der Waals surface area contributed by atoms with Crippen LogP contribution in [0.3, 0.4) is 0 Å². The number of alkyl carbamates (subject to hydrolysis) is 1. The molecule has 0 aliphatic rings. The number of hydrogen-bond acceptors (Lipinski definition) is 4. The summed E-state index contributed by atoms with van der Waals surface area (Å²) >= 11 is 0. The van der Waals surface area contributed by atoms with Crippen molar-refractivity contribution < 1.29 is 19.4 Å². The quantitative estimate of drug-likeness (QED) is 0.890. The van der Waals surface area contributed by atoms with Crippen LogP contribution in [-0.4, -0.2) is 34.3 Å². The fourth-order valence-electron chi connectivity index (χ4n) is 1.56. The van der Waals surface area contributed by atoms with Gasteiger partial charge in [0.2, 0.25) is 0 Å². The van der Waals surface area contributed by atoms with E-state index in [0.717, 1.165) is 5.56 Å². The van der Waals surface area contributed by atoms with Crippen LogP contribution in [-0.2, 0) is 4.74 Å². The summed E-state index contributed by atoms with van der Waals surface area (Å²) in [6, 6.07) is 1.72. The zero-order valence-corrected chi connectivity index (χ0v) is 12.6. The Morgan fingerprint density at radius 3 is 2.62 bits per heavy atom. The highest BCUT2D eigenvalue weighted by Gasteiger charge is 2.15. The predicted octanol–water partition coefficient (Wildman–Crippen LogP) is 2.63. The SMILES string of the molecule is Cc1cc(C=CCNC(=O)OC(C)(C)C)cnc1C(=O)O. The van der Waals surface area contributed by atoms with Crippen molar-refractivity contribution in [1.29, 1.82) is 0 Å². The summed E-state index contributed by atoms with van der Waals surface area (Å²) in [5.41, 5.74) is 0.869. The molecule has 6 heteroatoms. The maximum Gasteiger partial charge on any atom is 0.407 e. The first-order valence-corrected chi connectivity index (χ1v) is 6.52. The summed E-state index contributed by atoms with van der Waals surface area (Å²) in [7, 11) is 0. The summed E-state index contributed by atoms with van der Waals surface area (Å²) in [6.45, 7) is 7.38. The van der Waals surface area contributed by atoms with Crippen molar-refractivity contribution >= 4 is 18.1 Å². The van der Waals surface area contributed by atoms with Gasteiger partial charge in [0.1, 0.15) is 5.60 Å². The Bertz CT molecular complexity index is 559. The maximum atomic E-state index is 11.4. The smallest absolute Gasteiger partial charge is 0.407 e. The van der Waals surface area contributed by atoms with Crippen LogP contribution in [0, 0.1) is 6.92 Å². The Kier molecular flexibility index (Phi) is 5.46. The molecule has 0 bridgehead atoms. The van der Waals surface area contributed by atoms with Gasteiger partial charge < -0.3 is 15.2 Å². The van der Waals surface area contributed by atoms with Crippen molar-refractivity contribution in [2.75, 3.05) is 6.54 Å². The highest BCUT2D eigenvalue weighted by Crippen LogP contribution is 2.09. The van der Waals surface area contributed by atoms with E-state index in [-0.39, 0.29) is 5.69 Å². The van der Waals surface area contributed by atoms with Crippen molar-refractivity contribution in [3.8, 4) is 0 Å². The normalized spacial score (nSPS) is 11.4. The second-order valence-corrected chi connectivity index (χ2v) is 5.52. The lowest BCUT2D eigenvalue weighted by Gasteiger charge is -2.19. The van der Waals surface area contributed by atoms with E-state index in [1.165, 1.54) is 6.20 Å². The van der Waals surface area contributed by atoms with Crippen LogP contribution in [0.25, 0.3) is 6.08 Å². The fraction of sp³-hybridized carbons (Fsp3) is 0.400. The third-order valence-electron chi connectivity index (χ3n) is 2.38. The van der Waals surface area contributed by atoms with Crippen LogP contribution in [0.1, 0.15) is 42.4 Å². The fourth-order valence-corrected chi connectivity index (χ4v) is 1.56. The van der Waals surface area contributed by atoms with Crippen molar-refractivity contribution in [2.24, 2.45) is 0 Å². The second-order valence-electron chi connectivity index (χ2n) is 5.52. The van der Waals surface area contributed by atoms with Gasteiger partial charge in [0, 0.05) is 12.7 Å². The number of aromatic nitrogens is 1. The average Bonchev–Trinajstić information content (AvgIpc) is 2.32. The van der Waals surface area contributed by atoms with Gasteiger partial charge in [0.15, 0.2) is 5.69 Å². The molecule has 1 aromatic heterocycles. The van der Waals surface area contributed by atoms with E-state index >= 15 is 0 Å². The number of carboxylic acids is 1. The van der Waals surface area contributed by atoms with Crippen molar-refractivity contribution in [3.63, 3.8) is 0 Å². The number of ether oxygens (including phenoxy) is 1. The number of nitrogens with one attached hydrogen (secondary N) is 1. The number of nitrogens with zero attached hydrogens (tertiary/aromatic N) is 1. The number of pyridine rings is 1. The zero-order valence-electron chi connectivity index (χ0n) is 12.6. The van der Waals surface area contributed by atoms with E-state index in [1.54, 1.807) is 45.9 Å². The molecule has 1 aromatic rings. The molecule has 6 nitrogen and oxygen atoms in total. The Balaban J connectivity index is 2.53. The van der Waals surface area contributed by atoms with E-state index in [4.69, 9.17) is 9.84 Å². The molecule has 21 heavy (non-hydrogen) atoms. The first-order valence-electron chi connectivity index (χ1n) is 6.52. The Hall–Kier alpha value is -2.37. The van der Waals surface area contributed by atoms with E-state index in [0.29, 0.717) is 12.1 Å². The minimum Gasteiger partial charge on any atom is -0.477 e. The van der Waals surface area contributed by atoms with Gasteiger partial charge in [-0.3, -0.25) is 0 Å². The van der Waals surface area contributed by atoms with E-state index < -0.39 is 17.7 Å². The number of rotatable bonds is 4. The molecular weight excluding hydrogens is 272 g/mol. The van der Waals surface area contributed by atoms with Gasteiger partial charge in [-0.25, -0.2) is 14.6 Å². The molecule has 0 unspecified atom stereocenters. The summed E-state index contributed by atoms with van der Waals surface area (Å²) < 4.78 is 5.09. The summed E-state index contributed by atoms with van der Waals surface area (Å²) in [5.74, 6) is -1.05. The van der Waals surface area contributed by atoms with Crippen LogP contribution >= 0.6 is 0 Å². The number of amides is 1. The standard InChI is InChI=1S/C15H20N2O4/c1-10-8-11(9-17-12(10)13(18)19)6-5-7-16-14(20)21-15(2,3)4/h5-6,8-9H,7H2,1-4H3,(H,16,20)(H,18,19). The molecule has 0 aliphatic carbocycles. The molecule has 0 fully saturated rings. The molecule has 0 saturated heterocycles. The molecule has 2 N–H and O–H groups in total. The molecule has 0 aromatic carbocycles. The van der Waals surface area contributed by atoms with Gasteiger partial charge in [-0.05, 0) is 44.9 Å². The lowest BCUT2D eigenvalue weighted by molar-refractivity contribution is 0.0533. The maximum absolute atomic E-state index is 11.4. The Morgan fingerprint density at radius 2 is 2.10 bits per heavy atom. The molecule has 0 spiro atoms. The third kappa shape index (κ3) is 6.07. The van der Waals surface area contributed by atoms with Gasteiger partial charge in [-0.2, -0.15) is 0 Å². The molecule has 0 radical (unpaired) electrons. The van der Waals surface area contributed by atoms with E-state index in [2.05, 4.69) is 10.3 Å². The average molecular weight is 292 g/mol. The Labute approximate surface area is 123 Å². The highest BCUT2D eigenvalue weighted by atomic mass is 16.6. The molecule has 0 saturated carbocycles. The minimum absolute atomic E-state index is 0.0408. The summed E-state index contributed by atoms with van der Waals surface area (Å²) in [5, 5.41) is 11.5. The van der Waals surface area contributed by atoms with Gasteiger partial charge in [0.05, 0.1) is 0 Å². The number of carboxylic acid groups (broad SMARTS) is 1. The lowest BCUT2D eigenvalue weighted by Crippen LogP contribution is -2.32. The van der Waals surface area contributed by atoms with Crippen LogP contribution < -0.4 is 5.32 Å². The lowest BCUT2D eigenvalue weighted by atomic mass is 10.1. The molecule has 0 aliphatic heterocycles. The van der Waals surface area contributed by atoms with Crippen molar-refractivity contribution in [3.05, 3.63) is 35.2 Å².